The molecule has 0 aliphatic carbocycles. The summed E-state index contributed by atoms with van der Waals surface area (Å²) in [6.07, 6.45) is 3.98. The summed E-state index contributed by atoms with van der Waals surface area (Å²) >= 11 is 0. The van der Waals surface area contributed by atoms with Crippen LogP contribution in [0, 0.1) is 13.8 Å². The van der Waals surface area contributed by atoms with Gasteiger partial charge in [-0.2, -0.15) is 4.57 Å². The van der Waals surface area contributed by atoms with Gasteiger partial charge < -0.3 is 4.42 Å². The zero-order chi connectivity index (χ0) is 20.0. The van der Waals surface area contributed by atoms with Gasteiger partial charge in [0.15, 0.2) is 5.69 Å². The Labute approximate surface area is 162 Å². The van der Waals surface area contributed by atoms with Gasteiger partial charge in [-0.25, -0.2) is 0 Å². The highest BCUT2D eigenvalue weighted by Gasteiger charge is 2.21. The van der Waals surface area contributed by atoms with E-state index in [0.717, 1.165) is 51.5 Å². The van der Waals surface area contributed by atoms with Crippen LogP contribution in [0.1, 0.15) is 50.8 Å². The minimum Gasteiger partial charge on any atom is -0.464 e. The Morgan fingerprint density at radius 1 is 1.04 bits per heavy atom. The van der Waals surface area contributed by atoms with Gasteiger partial charge in [-0.3, -0.25) is 0 Å². The zero-order valence-corrected chi connectivity index (χ0v) is 16.9. The van der Waals surface area contributed by atoms with Gasteiger partial charge in [-0.15, -0.1) is 0 Å². The maximum atomic E-state index is 8.76. The van der Waals surface area contributed by atoms with Crippen molar-refractivity contribution >= 4 is 21.7 Å². The minimum atomic E-state index is 0.544. The SMILES string of the molecule is [2H]c1c(C)[n+](C)c(-c2cc3occc3cc2C)c2ccc(C(CC)CC)cc12. The van der Waals surface area contributed by atoms with E-state index >= 15 is 0 Å². The lowest BCUT2D eigenvalue weighted by molar-refractivity contribution is -0.665. The van der Waals surface area contributed by atoms with E-state index in [0.29, 0.717) is 12.0 Å². The first kappa shape index (κ1) is 16.6. The van der Waals surface area contributed by atoms with Crippen molar-refractivity contribution in [2.75, 3.05) is 0 Å². The highest BCUT2D eigenvalue weighted by atomic mass is 16.3. The maximum Gasteiger partial charge on any atom is 0.220 e. The highest BCUT2D eigenvalue weighted by molar-refractivity contribution is 5.96. The molecular formula is C25H28NO+. The Morgan fingerprint density at radius 2 is 1.81 bits per heavy atom. The summed E-state index contributed by atoms with van der Waals surface area (Å²) in [5.74, 6) is 0.544. The molecule has 0 atom stereocenters. The predicted molar refractivity (Wildman–Crippen MR) is 113 cm³/mol. The van der Waals surface area contributed by atoms with E-state index in [4.69, 9.17) is 5.79 Å². The minimum absolute atomic E-state index is 0.544. The normalized spacial score (nSPS) is 12.3. The standard InChI is InChI=1S/C25H28NO/c1-6-18(7-2)19-8-9-22-21(14-19)13-17(4)26(5)25(22)23-15-24-20(10-11-27-24)12-16(23)3/h8-15,18H,6-7H2,1-5H3/q+1/i13D. The van der Waals surface area contributed by atoms with Gasteiger partial charge in [0.05, 0.1) is 18.6 Å². The summed E-state index contributed by atoms with van der Waals surface area (Å²) in [7, 11) is 2.06. The molecule has 4 aromatic rings. The van der Waals surface area contributed by atoms with Crippen molar-refractivity contribution in [2.24, 2.45) is 7.05 Å². The first-order chi connectivity index (χ1) is 13.5. The number of aromatic nitrogens is 1. The molecule has 2 nitrogen and oxygen atoms in total. The van der Waals surface area contributed by atoms with Crippen molar-refractivity contribution < 1.29 is 10.4 Å². The first-order valence-electron chi connectivity index (χ1n) is 10.4. The van der Waals surface area contributed by atoms with Crippen molar-refractivity contribution in [3.05, 3.63) is 65.5 Å². The second-order valence-electron chi connectivity index (χ2n) is 7.56. The van der Waals surface area contributed by atoms with Crippen molar-refractivity contribution in [3.8, 4) is 11.3 Å². The molecule has 0 saturated carbocycles. The fraction of sp³-hybridized carbons (Fsp3) is 0.320. The second kappa shape index (κ2) is 6.84. The van der Waals surface area contributed by atoms with E-state index in [1.807, 2.05) is 13.0 Å². The predicted octanol–water partition coefficient (Wildman–Crippen LogP) is 6.60. The van der Waals surface area contributed by atoms with Crippen LogP contribution in [0.2, 0.25) is 0 Å². The van der Waals surface area contributed by atoms with E-state index in [1.165, 1.54) is 11.1 Å². The quantitative estimate of drug-likeness (QED) is 0.375. The second-order valence-corrected chi connectivity index (χ2v) is 7.56. The highest BCUT2D eigenvalue weighted by Crippen LogP contribution is 2.34. The van der Waals surface area contributed by atoms with Crippen LogP contribution in [0.15, 0.2) is 53.1 Å². The van der Waals surface area contributed by atoms with Crippen LogP contribution in [-0.2, 0) is 7.05 Å². The smallest absolute Gasteiger partial charge is 0.220 e. The molecule has 27 heavy (non-hydrogen) atoms. The summed E-state index contributed by atoms with van der Waals surface area (Å²) in [4.78, 5) is 0. The summed E-state index contributed by atoms with van der Waals surface area (Å²) < 4.78 is 16.6. The van der Waals surface area contributed by atoms with Crippen molar-refractivity contribution in [1.82, 2.24) is 0 Å². The lowest BCUT2D eigenvalue weighted by Crippen LogP contribution is -2.35. The average Bonchev–Trinajstić information content (AvgIpc) is 3.15. The molecule has 2 heterocycles. The molecule has 2 aromatic heterocycles. The molecule has 0 fully saturated rings. The maximum absolute atomic E-state index is 8.76. The molecule has 2 heteroatoms. The third-order valence-electron chi connectivity index (χ3n) is 5.96. The number of furan rings is 1. The van der Waals surface area contributed by atoms with Crippen LogP contribution >= 0.6 is 0 Å². The molecule has 0 unspecified atom stereocenters. The number of pyridine rings is 1. The first-order valence-corrected chi connectivity index (χ1v) is 9.87. The van der Waals surface area contributed by atoms with Crippen LogP contribution in [-0.4, -0.2) is 0 Å². The third kappa shape index (κ3) is 2.93. The molecule has 0 amide bonds. The monoisotopic (exact) mass is 359 g/mol. The molecule has 4 rings (SSSR count). The molecule has 0 N–H and O–H groups in total. The molecule has 2 aromatic carbocycles. The molecule has 0 aliphatic rings. The molecule has 0 aliphatic heterocycles. The van der Waals surface area contributed by atoms with Crippen LogP contribution in [0.3, 0.4) is 0 Å². The van der Waals surface area contributed by atoms with Crippen LogP contribution in [0.4, 0.5) is 0 Å². The number of hydrogen-bond acceptors (Lipinski definition) is 1. The van der Waals surface area contributed by atoms with Gasteiger partial charge in [-0.05, 0) is 66.5 Å². The Balaban J connectivity index is 2.06. The molecular weight excluding hydrogens is 330 g/mol. The van der Waals surface area contributed by atoms with E-state index in [-0.39, 0.29) is 0 Å². The lowest BCUT2D eigenvalue weighted by atomic mass is 9.90. The van der Waals surface area contributed by atoms with Gasteiger partial charge in [-0.1, -0.05) is 26.0 Å². The summed E-state index contributed by atoms with van der Waals surface area (Å²) in [6.45, 7) is 8.67. The fourth-order valence-electron chi connectivity index (χ4n) is 4.22. The van der Waals surface area contributed by atoms with Crippen LogP contribution in [0.25, 0.3) is 33.0 Å². The van der Waals surface area contributed by atoms with Gasteiger partial charge in [0.25, 0.3) is 0 Å². The Morgan fingerprint density at radius 3 is 2.56 bits per heavy atom. The van der Waals surface area contributed by atoms with Crippen molar-refractivity contribution in [3.63, 3.8) is 0 Å². The molecule has 0 radical (unpaired) electrons. The molecule has 0 spiro atoms. The van der Waals surface area contributed by atoms with Gasteiger partial charge in [0.1, 0.15) is 12.6 Å². The molecule has 0 saturated heterocycles. The number of benzene rings is 2. The van der Waals surface area contributed by atoms with Gasteiger partial charge >= 0.3 is 0 Å². The molecule has 0 bridgehead atoms. The van der Waals surface area contributed by atoms with Crippen molar-refractivity contribution in [1.29, 1.82) is 0 Å². The average molecular weight is 360 g/mol. The summed E-state index contributed by atoms with van der Waals surface area (Å²) in [5, 5.41) is 3.29. The summed E-state index contributed by atoms with van der Waals surface area (Å²) in [5.41, 5.74) is 6.73. The van der Waals surface area contributed by atoms with E-state index < -0.39 is 0 Å². The Bertz CT molecular complexity index is 1180. The number of nitrogens with zero attached hydrogens (tertiary/aromatic N) is 1. The van der Waals surface area contributed by atoms with E-state index in [9.17, 15) is 0 Å². The Kier molecular flexibility index (Phi) is 4.20. The van der Waals surface area contributed by atoms with E-state index in [1.54, 1.807) is 6.26 Å². The number of aryl methyl sites for hydroxylation is 1. The number of fused-ring (bicyclic) bond motifs is 2. The topological polar surface area (TPSA) is 17.0 Å². The number of hydrogen-bond donors (Lipinski definition) is 0. The summed E-state index contributed by atoms with van der Waals surface area (Å²) in [6, 6.07) is 13.6. The van der Waals surface area contributed by atoms with Crippen LogP contribution in [0.5, 0.6) is 0 Å². The molecule has 138 valence electrons. The Hall–Kier alpha value is -2.61. The van der Waals surface area contributed by atoms with E-state index in [2.05, 4.69) is 62.7 Å². The fourth-order valence-corrected chi connectivity index (χ4v) is 4.22. The van der Waals surface area contributed by atoms with Crippen molar-refractivity contribution in [2.45, 2.75) is 46.5 Å². The number of rotatable bonds is 4. The largest absolute Gasteiger partial charge is 0.464 e. The lowest BCUT2D eigenvalue weighted by Gasteiger charge is -2.15. The van der Waals surface area contributed by atoms with Gasteiger partial charge in [0, 0.05) is 18.4 Å². The zero-order valence-electron chi connectivity index (χ0n) is 17.9. The van der Waals surface area contributed by atoms with Crippen LogP contribution < -0.4 is 4.57 Å². The third-order valence-corrected chi connectivity index (χ3v) is 5.96. The van der Waals surface area contributed by atoms with Gasteiger partial charge in [0.2, 0.25) is 5.69 Å².